The van der Waals surface area contributed by atoms with E-state index in [1.165, 1.54) is 0 Å². The van der Waals surface area contributed by atoms with Gasteiger partial charge in [0.1, 0.15) is 5.76 Å². The summed E-state index contributed by atoms with van der Waals surface area (Å²) in [6.07, 6.45) is 0. The van der Waals surface area contributed by atoms with Gasteiger partial charge in [-0.05, 0) is 19.3 Å². The monoisotopic (exact) mass is 228 g/mol. The zero-order valence-electron chi connectivity index (χ0n) is 10.1. The van der Waals surface area contributed by atoms with Crippen LogP contribution in [0.3, 0.4) is 0 Å². The Labute approximate surface area is 95.8 Å². The Kier molecular flexibility index (Phi) is 3.84. The van der Waals surface area contributed by atoms with Crippen molar-refractivity contribution < 1.29 is 4.42 Å². The maximum Gasteiger partial charge on any atom is 0.256 e. The van der Waals surface area contributed by atoms with Crippen molar-refractivity contribution in [2.24, 2.45) is 11.1 Å². The first-order valence-electron chi connectivity index (χ1n) is 5.13. The maximum absolute atomic E-state index is 6.05. The first kappa shape index (κ1) is 12.6. The highest BCUT2D eigenvalue weighted by Gasteiger charge is 2.21. The van der Waals surface area contributed by atoms with Crippen LogP contribution < -0.4 is 5.73 Å². The highest BCUT2D eigenvalue weighted by atomic mass is 32.2. The van der Waals surface area contributed by atoms with Gasteiger partial charge in [-0.3, -0.25) is 0 Å². The molecular formula is C11H20N2OS. The third-order valence-electron chi connectivity index (χ3n) is 2.51. The predicted molar refractivity (Wildman–Crippen MR) is 64.1 cm³/mol. The zero-order chi connectivity index (χ0) is 11.6. The van der Waals surface area contributed by atoms with E-state index in [-0.39, 0.29) is 11.5 Å². The van der Waals surface area contributed by atoms with Gasteiger partial charge in [0.05, 0.1) is 5.69 Å². The molecule has 3 nitrogen and oxygen atoms in total. The van der Waals surface area contributed by atoms with Crippen molar-refractivity contribution in [3.05, 3.63) is 11.5 Å². The molecule has 1 rings (SSSR count). The van der Waals surface area contributed by atoms with Gasteiger partial charge in [0, 0.05) is 11.8 Å². The fourth-order valence-electron chi connectivity index (χ4n) is 0.916. The summed E-state index contributed by atoms with van der Waals surface area (Å²) in [7, 11) is 0. The van der Waals surface area contributed by atoms with E-state index in [9.17, 15) is 0 Å². The molecule has 0 radical (unpaired) electrons. The molecule has 15 heavy (non-hydrogen) atoms. The average molecular weight is 228 g/mol. The van der Waals surface area contributed by atoms with Crippen molar-refractivity contribution in [2.45, 2.75) is 45.9 Å². The number of oxazole rings is 1. The minimum absolute atomic E-state index is 0.129. The molecule has 0 saturated heterocycles. The van der Waals surface area contributed by atoms with Crippen molar-refractivity contribution in [3.63, 3.8) is 0 Å². The summed E-state index contributed by atoms with van der Waals surface area (Å²) in [5, 5.41) is 0.727. The summed E-state index contributed by atoms with van der Waals surface area (Å²) in [6.45, 7) is 10.3. The van der Waals surface area contributed by atoms with Crippen LogP contribution in [0, 0.1) is 19.3 Å². The zero-order valence-corrected chi connectivity index (χ0v) is 10.9. The molecule has 0 aliphatic heterocycles. The molecule has 1 unspecified atom stereocenters. The highest BCUT2D eigenvalue weighted by Crippen LogP contribution is 2.25. The topological polar surface area (TPSA) is 52.0 Å². The van der Waals surface area contributed by atoms with Gasteiger partial charge in [-0.2, -0.15) is 0 Å². The Morgan fingerprint density at radius 1 is 1.40 bits per heavy atom. The third kappa shape index (κ3) is 3.54. The summed E-state index contributed by atoms with van der Waals surface area (Å²) in [5.74, 6) is 1.73. The number of aryl methyl sites for hydroxylation is 2. The SMILES string of the molecule is Cc1nc(SCC(N)C(C)(C)C)oc1C. The van der Waals surface area contributed by atoms with Crippen LogP contribution in [-0.2, 0) is 0 Å². The third-order valence-corrected chi connectivity index (χ3v) is 3.45. The molecule has 0 spiro atoms. The van der Waals surface area contributed by atoms with Gasteiger partial charge in [-0.1, -0.05) is 32.5 Å². The lowest BCUT2D eigenvalue weighted by atomic mass is 9.89. The number of rotatable bonds is 3. The first-order chi connectivity index (χ1) is 6.80. The predicted octanol–water partition coefficient (Wildman–Crippen LogP) is 2.76. The molecule has 0 amide bonds. The fraction of sp³-hybridized carbons (Fsp3) is 0.727. The van der Waals surface area contributed by atoms with Gasteiger partial charge in [0.15, 0.2) is 0 Å². The summed E-state index contributed by atoms with van der Waals surface area (Å²) in [4.78, 5) is 4.30. The summed E-state index contributed by atoms with van der Waals surface area (Å²) >= 11 is 1.59. The Morgan fingerprint density at radius 3 is 2.40 bits per heavy atom. The van der Waals surface area contributed by atoms with Crippen molar-refractivity contribution in [3.8, 4) is 0 Å². The van der Waals surface area contributed by atoms with Crippen molar-refractivity contribution in [1.82, 2.24) is 4.98 Å². The molecule has 0 aliphatic carbocycles. The molecule has 4 heteroatoms. The molecule has 0 aromatic carbocycles. The minimum Gasteiger partial charge on any atom is -0.437 e. The van der Waals surface area contributed by atoms with Crippen LogP contribution in [-0.4, -0.2) is 16.8 Å². The number of nitrogens with zero attached hydrogens (tertiary/aromatic N) is 1. The number of thioether (sulfide) groups is 1. The van der Waals surface area contributed by atoms with Gasteiger partial charge >= 0.3 is 0 Å². The first-order valence-corrected chi connectivity index (χ1v) is 6.11. The molecular weight excluding hydrogens is 208 g/mol. The molecule has 0 aliphatic rings. The van der Waals surface area contributed by atoms with Crippen molar-refractivity contribution in [1.29, 1.82) is 0 Å². The number of hydrogen-bond donors (Lipinski definition) is 1. The van der Waals surface area contributed by atoms with E-state index in [0.29, 0.717) is 0 Å². The Bertz CT molecular complexity index is 308. The van der Waals surface area contributed by atoms with E-state index in [1.807, 2.05) is 13.8 Å². The molecule has 1 aromatic rings. The smallest absolute Gasteiger partial charge is 0.256 e. The van der Waals surface area contributed by atoms with Gasteiger partial charge in [0.2, 0.25) is 0 Å². The average Bonchev–Trinajstić information content (AvgIpc) is 2.41. The molecule has 0 fully saturated rings. The van der Waals surface area contributed by atoms with Crippen molar-refractivity contribution >= 4 is 11.8 Å². The van der Waals surface area contributed by atoms with Crippen LogP contribution in [0.15, 0.2) is 9.64 Å². The molecule has 0 bridgehead atoms. The molecule has 1 heterocycles. The van der Waals surface area contributed by atoms with Crippen molar-refractivity contribution in [2.75, 3.05) is 5.75 Å². The maximum atomic E-state index is 6.05. The molecule has 1 aromatic heterocycles. The van der Waals surface area contributed by atoms with Crippen LogP contribution in [0.2, 0.25) is 0 Å². The van der Waals surface area contributed by atoms with E-state index >= 15 is 0 Å². The lowest BCUT2D eigenvalue weighted by Crippen LogP contribution is -2.37. The van der Waals surface area contributed by atoms with Crippen LogP contribution >= 0.6 is 11.8 Å². The number of hydrogen-bond acceptors (Lipinski definition) is 4. The highest BCUT2D eigenvalue weighted by molar-refractivity contribution is 7.99. The Morgan fingerprint density at radius 2 is 2.00 bits per heavy atom. The van der Waals surface area contributed by atoms with Crippen LogP contribution in [0.1, 0.15) is 32.2 Å². The fourth-order valence-corrected chi connectivity index (χ4v) is 2.12. The van der Waals surface area contributed by atoms with E-state index in [0.717, 1.165) is 22.4 Å². The standard InChI is InChI=1S/C11H20N2OS/c1-7-8(2)14-10(13-7)15-6-9(12)11(3,4)5/h9H,6,12H2,1-5H3. The Hall–Kier alpha value is -0.480. The molecule has 2 N–H and O–H groups in total. The van der Waals surface area contributed by atoms with E-state index < -0.39 is 0 Å². The Balaban J connectivity index is 2.51. The van der Waals surface area contributed by atoms with Gasteiger partial charge in [-0.25, -0.2) is 4.98 Å². The summed E-state index contributed by atoms with van der Waals surface area (Å²) in [6, 6.07) is 0.148. The lowest BCUT2D eigenvalue weighted by Gasteiger charge is -2.25. The van der Waals surface area contributed by atoms with Crippen LogP contribution in [0.25, 0.3) is 0 Å². The largest absolute Gasteiger partial charge is 0.437 e. The van der Waals surface area contributed by atoms with Crippen LogP contribution in [0.5, 0.6) is 0 Å². The second-order valence-corrected chi connectivity index (χ2v) is 5.88. The number of aromatic nitrogens is 1. The molecule has 86 valence electrons. The number of nitrogens with two attached hydrogens (primary N) is 1. The molecule has 1 atom stereocenters. The quantitative estimate of drug-likeness (QED) is 0.808. The van der Waals surface area contributed by atoms with E-state index in [4.69, 9.17) is 10.2 Å². The summed E-state index contributed by atoms with van der Waals surface area (Å²) in [5.41, 5.74) is 7.14. The van der Waals surface area contributed by atoms with Crippen LogP contribution in [0.4, 0.5) is 0 Å². The van der Waals surface area contributed by atoms with Gasteiger partial charge in [0.25, 0.3) is 5.22 Å². The minimum atomic E-state index is 0.129. The second kappa shape index (κ2) is 4.58. The second-order valence-electron chi connectivity index (χ2n) is 4.90. The van der Waals surface area contributed by atoms with E-state index in [2.05, 4.69) is 25.8 Å². The van der Waals surface area contributed by atoms with Gasteiger partial charge < -0.3 is 10.2 Å². The lowest BCUT2D eigenvalue weighted by molar-refractivity contribution is 0.343. The summed E-state index contributed by atoms with van der Waals surface area (Å²) < 4.78 is 5.47. The molecule has 0 saturated carbocycles. The van der Waals surface area contributed by atoms with Gasteiger partial charge in [-0.15, -0.1) is 0 Å². The normalized spacial score (nSPS) is 14.3. The van der Waals surface area contributed by atoms with E-state index in [1.54, 1.807) is 11.8 Å².